The molecular formula is C11H14ClN3S. The number of nitrogens with one attached hydrogen (secondary N) is 2. The molecule has 1 rings (SSSR count). The number of hydrogen-bond donors (Lipinski definition) is 2. The van der Waals surface area contributed by atoms with Crippen LogP contribution in [0, 0.1) is 12.3 Å². The number of halogens is 1. The van der Waals surface area contributed by atoms with Crippen LogP contribution in [0.25, 0.3) is 0 Å². The summed E-state index contributed by atoms with van der Waals surface area (Å²) in [6, 6.07) is 3.94. The Morgan fingerprint density at radius 1 is 1.56 bits per heavy atom. The zero-order valence-electron chi connectivity index (χ0n) is 9.09. The quantitative estimate of drug-likeness (QED) is 0.489. The van der Waals surface area contributed by atoms with Gasteiger partial charge in [-0.15, -0.1) is 17.8 Å². The number of aliphatic imine (C=N–C) groups is 1. The summed E-state index contributed by atoms with van der Waals surface area (Å²) in [5.74, 6) is 3.22. The maximum absolute atomic E-state index is 5.84. The van der Waals surface area contributed by atoms with Crippen LogP contribution in [0.2, 0.25) is 4.34 Å². The second kappa shape index (κ2) is 7.15. The average molecular weight is 256 g/mol. The minimum Gasteiger partial charge on any atom is -0.356 e. The summed E-state index contributed by atoms with van der Waals surface area (Å²) in [4.78, 5) is 5.29. The van der Waals surface area contributed by atoms with E-state index in [1.807, 2.05) is 12.1 Å². The van der Waals surface area contributed by atoms with Crippen LogP contribution >= 0.6 is 22.9 Å². The van der Waals surface area contributed by atoms with E-state index in [4.69, 9.17) is 18.0 Å². The average Bonchev–Trinajstić information content (AvgIpc) is 2.69. The highest BCUT2D eigenvalue weighted by Crippen LogP contribution is 2.21. The van der Waals surface area contributed by atoms with Crippen molar-refractivity contribution < 1.29 is 0 Å². The van der Waals surface area contributed by atoms with E-state index >= 15 is 0 Å². The highest BCUT2D eigenvalue weighted by molar-refractivity contribution is 7.16. The molecule has 0 fully saturated rings. The third kappa shape index (κ3) is 4.56. The Hall–Kier alpha value is -1.18. The van der Waals surface area contributed by atoms with E-state index in [1.165, 1.54) is 4.88 Å². The summed E-state index contributed by atoms with van der Waals surface area (Å²) in [6.07, 6.45) is 6.07. The monoisotopic (exact) mass is 255 g/mol. The fourth-order valence-corrected chi connectivity index (χ4v) is 2.23. The third-order valence-electron chi connectivity index (χ3n) is 1.87. The number of thiophene rings is 1. The molecule has 0 saturated carbocycles. The molecule has 0 bridgehead atoms. The molecule has 1 aromatic rings. The van der Waals surface area contributed by atoms with Crippen LogP contribution < -0.4 is 10.6 Å². The van der Waals surface area contributed by atoms with Gasteiger partial charge in [-0.3, -0.25) is 4.99 Å². The van der Waals surface area contributed by atoms with Crippen LogP contribution in [-0.4, -0.2) is 26.1 Å². The largest absolute Gasteiger partial charge is 0.356 e. The number of hydrogen-bond acceptors (Lipinski definition) is 2. The van der Waals surface area contributed by atoms with Gasteiger partial charge < -0.3 is 10.6 Å². The number of nitrogens with zero attached hydrogens (tertiary/aromatic N) is 1. The Kier molecular flexibility index (Phi) is 5.76. The first-order valence-electron chi connectivity index (χ1n) is 4.88. The van der Waals surface area contributed by atoms with Gasteiger partial charge in [-0.25, -0.2) is 0 Å². The van der Waals surface area contributed by atoms with E-state index in [0.29, 0.717) is 6.54 Å². The van der Waals surface area contributed by atoms with Crippen molar-refractivity contribution in [1.29, 1.82) is 0 Å². The minimum atomic E-state index is 0.477. The number of guanidine groups is 1. The second-order valence-electron chi connectivity index (χ2n) is 3.01. The van der Waals surface area contributed by atoms with Gasteiger partial charge in [-0.1, -0.05) is 17.5 Å². The highest BCUT2D eigenvalue weighted by Gasteiger charge is 1.99. The van der Waals surface area contributed by atoms with Crippen LogP contribution in [0.1, 0.15) is 4.88 Å². The smallest absolute Gasteiger partial charge is 0.191 e. The molecule has 0 aromatic carbocycles. The van der Waals surface area contributed by atoms with Gasteiger partial charge >= 0.3 is 0 Å². The van der Waals surface area contributed by atoms with Gasteiger partial charge in [0.25, 0.3) is 0 Å². The molecule has 0 aliphatic heterocycles. The maximum atomic E-state index is 5.84. The summed E-state index contributed by atoms with van der Waals surface area (Å²) >= 11 is 7.44. The Labute approximate surface area is 105 Å². The van der Waals surface area contributed by atoms with Gasteiger partial charge in [0.15, 0.2) is 5.96 Å². The van der Waals surface area contributed by atoms with Gasteiger partial charge in [-0.2, -0.15) is 0 Å². The summed E-state index contributed by atoms with van der Waals surface area (Å²) in [5, 5.41) is 6.16. The minimum absolute atomic E-state index is 0.477. The third-order valence-corrected chi connectivity index (χ3v) is 3.17. The predicted octanol–water partition coefficient (Wildman–Crippen LogP) is 1.74. The van der Waals surface area contributed by atoms with Crippen molar-refractivity contribution in [1.82, 2.24) is 10.6 Å². The molecule has 3 nitrogen and oxygen atoms in total. The molecule has 86 valence electrons. The van der Waals surface area contributed by atoms with Crippen LogP contribution in [0.4, 0.5) is 0 Å². The summed E-state index contributed by atoms with van der Waals surface area (Å²) in [5.41, 5.74) is 0. The van der Waals surface area contributed by atoms with Crippen LogP contribution in [0.3, 0.4) is 0 Å². The van der Waals surface area contributed by atoms with E-state index in [9.17, 15) is 0 Å². The lowest BCUT2D eigenvalue weighted by Gasteiger charge is -2.08. The lowest BCUT2D eigenvalue weighted by molar-refractivity contribution is 0.832. The molecule has 1 aromatic heterocycles. The zero-order chi connectivity index (χ0) is 11.8. The lowest BCUT2D eigenvalue weighted by atomic mass is 10.3. The Balaban J connectivity index is 2.26. The Bertz CT molecular complexity index is 392. The second-order valence-corrected chi connectivity index (χ2v) is 4.81. The van der Waals surface area contributed by atoms with Gasteiger partial charge in [-0.05, 0) is 18.6 Å². The molecule has 2 N–H and O–H groups in total. The van der Waals surface area contributed by atoms with E-state index in [-0.39, 0.29) is 0 Å². The van der Waals surface area contributed by atoms with Crippen molar-refractivity contribution in [3.05, 3.63) is 21.3 Å². The molecule has 0 amide bonds. The van der Waals surface area contributed by atoms with Crippen molar-refractivity contribution >= 4 is 28.9 Å². The number of terminal acetylenes is 1. The van der Waals surface area contributed by atoms with Gasteiger partial charge in [0.1, 0.15) is 0 Å². The summed E-state index contributed by atoms with van der Waals surface area (Å²) in [7, 11) is 1.72. The zero-order valence-corrected chi connectivity index (χ0v) is 10.7. The number of rotatable bonds is 4. The summed E-state index contributed by atoms with van der Waals surface area (Å²) < 4.78 is 0.824. The van der Waals surface area contributed by atoms with E-state index < -0.39 is 0 Å². The molecular weight excluding hydrogens is 242 g/mol. The molecule has 16 heavy (non-hydrogen) atoms. The van der Waals surface area contributed by atoms with Gasteiger partial charge in [0.05, 0.1) is 10.9 Å². The Morgan fingerprint density at radius 2 is 2.38 bits per heavy atom. The Morgan fingerprint density at radius 3 is 2.94 bits per heavy atom. The van der Waals surface area contributed by atoms with Crippen molar-refractivity contribution in [2.24, 2.45) is 4.99 Å². The van der Waals surface area contributed by atoms with E-state index in [2.05, 4.69) is 21.5 Å². The van der Waals surface area contributed by atoms with Crippen molar-refractivity contribution in [2.45, 2.75) is 6.42 Å². The van der Waals surface area contributed by atoms with Gasteiger partial charge in [0, 0.05) is 18.5 Å². The van der Waals surface area contributed by atoms with E-state index in [1.54, 1.807) is 18.4 Å². The molecule has 0 saturated heterocycles. The SMILES string of the molecule is C#CCNC(=NC)NCCc1ccc(Cl)s1. The molecule has 0 radical (unpaired) electrons. The van der Waals surface area contributed by atoms with E-state index in [0.717, 1.165) is 23.3 Å². The molecule has 0 aliphatic rings. The first kappa shape index (κ1) is 12.9. The standard InChI is InChI=1S/C11H14ClN3S/c1-3-7-14-11(13-2)15-8-6-9-4-5-10(12)16-9/h1,4-5H,6-8H2,2H3,(H2,13,14,15). The first-order valence-corrected chi connectivity index (χ1v) is 6.08. The van der Waals surface area contributed by atoms with Crippen molar-refractivity contribution in [2.75, 3.05) is 20.1 Å². The van der Waals surface area contributed by atoms with Crippen molar-refractivity contribution in [3.8, 4) is 12.3 Å². The van der Waals surface area contributed by atoms with Crippen LogP contribution in [-0.2, 0) is 6.42 Å². The molecule has 0 atom stereocenters. The van der Waals surface area contributed by atoms with Crippen LogP contribution in [0.5, 0.6) is 0 Å². The molecule has 0 spiro atoms. The molecule has 0 aliphatic carbocycles. The molecule has 0 unspecified atom stereocenters. The fourth-order valence-electron chi connectivity index (χ4n) is 1.15. The molecule has 5 heteroatoms. The van der Waals surface area contributed by atoms with Gasteiger partial charge in [0.2, 0.25) is 0 Å². The van der Waals surface area contributed by atoms with Crippen LogP contribution in [0.15, 0.2) is 17.1 Å². The predicted molar refractivity (Wildman–Crippen MR) is 71.2 cm³/mol. The molecule has 1 heterocycles. The van der Waals surface area contributed by atoms with Crippen molar-refractivity contribution in [3.63, 3.8) is 0 Å². The summed E-state index contributed by atoms with van der Waals surface area (Å²) in [6.45, 7) is 1.28. The fraction of sp³-hybridized carbons (Fsp3) is 0.364. The normalized spacial score (nSPS) is 10.9. The highest BCUT2D eigenvalue weighted by atomic mass is 35.5. The first-order chi connectivity index (χ1) is 7.76. The maximum Gasteiger partial charge on any atom is 0.191 e. The lowest BCUT2D eigenvalue weighted by Crippen LogP contribution is -2.38. The topological polar surface area (TPSA) is 36.4 Å².